The Balaban J connectivity index is 1.44. The number of nitrogens with one attached hydrogen (secondary N) is 1. The first-order valence-corrected chi connectivity index (χ1v) is 9.90. The molecule has 1 aromatic heterocycles. The van der Waals surface area contributed by atoms with Crippen molar-refractivity contribution in [2.75, 3.05) is 40.4 Å². The van der Waals surface area contributed by atoms with Crippen LogP contribution >= 0.6 is 0 Å². The largest absolute Gasteiger partial charge is 0.497 e. The number of H-pyrrole nitrogens is 1. The molecule has 0 spiro atoms. The molecule has 0 aliphatic carbocycles. The molecule has 3 aromatic rings. The number of carbonyl (C=O) groups is 1. The van der Waals surface area contributed by atoms with E-state index in [2.05, 4.69) is 9.88 Å². The lowest BCUT2D eigenvalue weighted by atomic mass is 10.1. The monoisotopic (exact) mass is 393 g/mol. The molecule has 2 aromatic carbocycles. The van der Waals surface area contributed by atoms with E-state index in [1.54, 1.807) is 14.2 Å². The molecule has 29 heavy (non-hydrogen) atoms. The maximum atomic E-state index is 13.2. The fourth-order valence-electron chi connectivity index (χ4n) is 4.07. The van der Waals surface area contributed by atoms with Crippen LogP contribution in [0.2, 0.25) is 0 Å². The van der Waals surface area contributed by atoms with Gasteiger partial charge in [-0.25, -0.2) is 0 Å². The number of para-hydroxylation sites is 1. The van der Waals surface area contributed by atoms with Crippen molar-refractivity contribution in [3.05, 3.63) is 59.3 Å². The second kappa shape index (κ2) is 8.17. The van der Waals surface area contributed by atoms with E-state index < -0.39 is 0 Å². The number of nitrogens with zero attached hydrogens (tertiary/aromatic N) is 2. The molecule has 1 aliphatic heterocycles. The number of aryl methyl sites for hydroxylation is 1. The summed E-state index contributed by atoms with van der Waals surface area (Å²) in [6.07, 6.45) is 0. The molecule has 0 radical (unpaired) electrons. The Bertz CT molecular complexity index is 1020. The summed E-state index contributed by atoms with van der Waals surface area (Å²) in [6, 6.07) is 13.8. The first kappa shape index (κ1) is 19.3. The first-order valence-electron chi connectivity index (χ1n) is 9.90. The lowest BCUT2D eigenvalue weighted by Gasteiger charge is -2.35. The molecule has 6 nitrogen and oxygen atoms in total. The molecule has 4 rings (SSSR count). The number of ether oxygens (including phenoxy) is 2. The number of fused-ring (bicyclic) bond motifs is 1. The van der Waals surface area contributed by atoms with Gasteiger partial charge in [0.1, 0.15) is 11.5 Å². The van der Waals surface area contributed by atoms with E-state index in [0.717, 1.165) is 58.9 Å². The summed E-state index contributed by atoms with van der Waals surface area (Å²) in [5, 5.41) is 0.999. The molecule has 152 valence electrons. The minimum Gasteiger partial charge on any atom is -0.497 e. The van der Waals surface area contributed by atoms with Gasteiger partial charge in [0, 0.05) is 54.9 Å². The lowest BCUT2D eigenvalue weighted by molar-refractivity contribution is 0.0628. The van der Waals surface area contributed by atoms with Crippen molar-refractivity contribution in [3.63, 3.8) is 0 Å². The molecule has 6 heteroatoms. The van der Waals surface area contributed by atoms with Crippen LogP contribution in [0.1, 0.15) is 21.6 Å². The highest BCUT2D eigenvalue weighted by molar-refractivity contribution is 6.08. The van der Waals surface area contributed by atoms with Gasteiger partial charge in [0.05, 0.1) is 19.8 Å². The van der Waals surface area contributed by atoms with Crippen LogP contribution in [0.4, 0.5) is 0 Å². The number of carbonyl (C=O) groups excluding carboxylic acids is 1. The third-order valence-corrected chi connectivity index (χ3v) is 5.65. The van der Waals surface area contributed by atoms with Crippen LogP contribution in [0.5, 0.6) is 11.5 Å². The quantitative estimate of drug-likeness (QED) is 0.721. The van der Waals surface area contributed by atoms with Crippen molar-refractivity contribution in [1.82, 2.24) is 14.8 Å². The smallest absolute Gasteiger partial charge is 0.256 e. The SMILES string of the molecule is COc1ccc(OC)c(CN2CCN(C(=O)c3c(C)[nH]c4ccccc34)CC2)c1. The summed E-state index contributed by atoms with van der Waals surface area (Å²) in [4.78, 5) is 20.8. The number of amides is 1. The van der Waals surface area contributed by atoms with Gasteiger partial charge in [-0.2, -0.15) is 0 Å². The van der Waals surface area contributed by atoms with E-state index in [4.69, 9.17) is 9.47 Å². The first-order chi connectivity index (χ1) is 14.1. The second-order valence-electron chi connectivity index (χ2n) is 7.42. The van der Waals surface area contributed by atoms with Crippen LogP contribution < -0.4 is 9.47 Å². The van der Waals surface area contributed by atoms with Crippen molar-refractivity contribution in [1.29, 1.82) is 0 Å². The van der Waals surface area contributed by atoms with E-state index in [1.807, 2.05) is 54.3 Å². The summed E-state index contributed by atoms with van der Waals surface area (Å²) in [7, 11) is 3.36. The Hall–Kier alpha value is -2.99. The van der Waals surface area contributed by atoms with E-state index in [0.29, 0.717) is 13.1 Å². The number of rotatable bonds is 5. The minimum absolute atomic E-state index is 0.110. The van der Waals surface area contributed by atoms with Crippen LogP contribution in [-0.4, -0.2) is 61.1 Å². The molecule has 0 bridgehead atoms. The summed E-state index contributed by atoms with van der Waals surface area (Å²) in [6.45, 7) is 5.82. The van der Waals surface area contributed by atoms with Gasteiger partial charge in [0.2, 0.25) is 0 Å². The zero-order valence-corrected chi connectivity index (χ0v) is 17.2. The average molecular weight is 393 g/mol. The molecule has 0 unspecified atom stereocenters. The zero-order chi connectivity index (χ0) is 20.4. The van der Waals surface area contributed by atoms with Gasteiger partial charge in [-0.15, -0.1) is 0 Å². The highest BCUT2D eigenvalue weighted by Gasteiger charge is 2.26. The number of methoxy groups -OCH3 is 2. The fourth-order valence-corrected chi connectivity index (χ4v) is 4.07. The third kappa shape index (κ3) is 3.80. The van der Waals surface area contributed by atoms with Gasteiger partial charge in [-0.1, -0.05) is 18.2 Å². The number of aromatic amines is 1. The molecule has 1 aliphatic rings. The van der Waals surface area contributed by atoms with Crippen LogP contribution in [0, 0.1) is 6.92 Å². The Kier molecular flexibility index (Phi) is 5.45. The highest BCUT2D eigenvalue weighted by Crippen LogP contribution is 2.27. The number of piperazine rings is 1. The van der Waals surface area contributed by atoms with Gasteiger partial charge in [-0.05, 0) is 31.2 Å². The topological polar surface area (TPSA) is 57.8 Å². The van der Waals surface area contributed by atoms with Gasteiger partial charge >= 0.3 is 0 Å². The van der Waals surface area contributed by atoms with Crippen LogP contribution in [0.3, 0.4) is 0 Å². The molecular weight excluding hydrogens is 366 g/mol. The lowest BCUT2D eigenvalue weighted by Crippen LogP contribution is -2.48. The van der Waals surface area contributed by atoms with Crippen molar-refractivity contribution in [3.8, 4) is 11.5 Å². The van der Waals surface area contributed by atoms with Crippen molar-refractivity contribution in [2.45, 2.75) is 13.5 Å². The Labute approximate surface area is 171 Å². The standard InChI is InChI=1S/C23H27N3O3/c1-16-22(19-6-4-5-7-20(19)24-16)23(27)26-12-10-25(11-13-26)15-17-14-18(28-2)8-9-21(17)29-3/h4-9,14,24H,10-13,15H2,1-3H3. The summed E-state index contributed by atoms with van der Waals surface area (Å²) in [5.74, 6) is 1.79. The van der Waals surface area contributed by atoms with Gasteiger partial charge in [0.25, 0.3) is 5.91 Å². The highest BCUT2D eigenvalue weighted by atomic mass is 16.5. The van der Waals surface area contributed by atoms with Crippen molar-refractivity contribution < 1.29 is 14.3 Å². The van der Waals surface area contributed by atoms with Crippen molar-refractivity contribution >= 4 is 16.8 Å². The molecule has 0 atom stereocenters. The Morgan fingerprint density at radius 1 is 1.03 bits per heavy atom. The predicted molar refractivity (Wildman–Crippen MR) is 114 cm³/mol. The van der Waals surface area contributed by atoms with Gasteiger partial charge < -0.3 is 19.4 Å². The Morgan fingerprint density at radius 2 is 1.79 bits per heavy atom. The van der Waals surface area contributed by atoms with Gasteiger partial charge in [-0.3, -0.25) is 9.69 Å². The summed E-state index contributed by atoms with van der Waals surface area (Å²) >= 11 is 0. The molecule has 1 fully saturated rings. The van der Waals surface area contributed by atoms with Crippen LogP contribution in [0.15, 0.2) is 42.5 Å². The van der Waals surface area contributed by atoms with E-state index in [-0.39, 0.29) is 5.91 Å². The maximum Gasteiger partial charge on any atom is 0.256 e. The number of aromatic nitrogens is 1. The number of benzene rings is 2. The molecular formula is C23H27N3O3. The summed E-state index contributed by atoms with van der Waals surface area (Å²) < 4.78 is 10.8. The molecule has 1 amide bonds. The maximum absolute atomic E-state index is 13.2. The van der Waals surface area contributed by atoms with E-state index >= 15 is 0 Å². The number of hydrogen-bond donors (Lipinski definition) is 1. The van der Waals surface area contributed by atoms with Crippen molar-refractivity contribution in [2.24, 2.45) is 0 Å². The normalized spacial score (nSPS) is 14.9. The minimum atomic E-state index is 0.110. The Morgan fingerprint density at radius 3 is 2.52 bits per heavy atom. The number of hydrogen-bond acceptors (Lipinski definition) is 4. The third-order valence-electron chi connectivity index (χ3n) is 5.65. The predicted octanol–water partition coefficient (Wildman–Crippen LogP) is 3.45. The van der Waals surface area contributed by atoms with E-state index in [1.165, 1.54) is 0 Å². The molecule has 1 saturated heterocycles. The summed E-state index contributed by atoms with van der Waals surface area (Å²) in [5.41, 5.74) is 3.83. The zero-order valence-electron chi connectivity index (χ0n) is 17.2. The molecule has 1 N–H and O–H groups in total. The fraction of sp³-hybridized carbons (Fsp3) is 0.348. The second-order valence-corrected chi connectivity index (χ2v) is 7.42. The van der Waals surface area contributed by atoms with Crippen LogP contribution in [-0.2, 0) is 6.54 Å². The van der Waals surface area contributed by atoms with Crippen LogP contribution in [0.25, 0.3) is 10.9 Å². The average Bonchev–Trinajstić information content (AvgIpc) is 3.09. The van der Waals surface area contributed by atoms with Gasteiger partial charge in [0.15, 0.2) is 0 Å². The molecule has 0 saturated carbocycles. The molecule has 2 heterocycles. The van der Waals surface area contributed by atoms with E-state index in [9.17, 15) is 4.79 Å².